The van der Waals surface area contributed by atoms with E-state index in [-0.39, 0.29) is 23.1 Å². The summed E-state index contributed by atoms with van der Waals surface area (Å²) in [5, 5.41) is 12.7. The van der Waals surface area contributed by atoms with Crippen LogP contribution < -0.4 is 0 Å². The molecule has 0 saturated carbocycles. The first-order valence-corrected chi connectivity index (χ1v) is 4.27. The Bertz CT molecular complexity index is 348. The van der Waals surface area contributed by atoms with Crippen molar-refractivity contribution in [2.45, 2.75) is 26.8 Å². The number of nitrogens with zero attached hydrogens (tertiary/aromatic N) is 2. The Balaban J connectivity index is 3.26. The van der Waals surface area contributed by atoms with Gasteiger partial charge < -0.3 is 5.11 Å². The Morgan fingerprint density at radius 2 is 2.07 bits per heavy atom. The van der Waals surface area contributed by atoms with Crippen LogP contribution in [0.3, 0.4) is 0 Å². The summed E-state index contributed by atoms with van der Waals surface area (Å²) < 4.78 is 1.47. The van der Waals surface area contributed by atoms with Gasteiger partial charge in [0.15, 0.2) is 5.78 Å². The molecule has 0 aromatic carbocycles. The quantitative estimate of drug-likeness (QED) is 0.741. The lowest BCUT2D eigenvalue weighted by atomic mass is 10.2. The van der Waals surface area contributed by atoms with E-state index in [2.05, 4.69) is 5.10 Å². The Morgan fingerprint density at radius 1 is 1.50 bits per heavy atom. The summed E-state index contributed by atoms with van der Waals surface area (Å²) in [5.74, 6) is -1.45. The normalized spacial score (nSPS) is 10.6. The van der Waals surface area contributed by atoms with Crippen molar-refractivity contribution in [3.05, 3.63) is 17.5 Å². The highest BCUT2D eigenvalue weighted by Gasteiger charge is 2.19. The molecule has 0 atom stereocenters. The van der Waals surface area contributed by atoms with Gasteiger partial charge in [0, 0.05) is 19.2 Å². The lowest BCUT2D eigenvalue weighted by Gasteiger charge is -2.02. The standard InChI is InChI=1S/C9H12N2O3/c1-5(2)11-4-7(9(13)14)8(10-11)6(3)12/h4-5H,1-3H3,(H,13,14). The number of aromatic nitrogens is 2. The monoisotopic (exact) mass is 196 g/mol. The van der Waals surface area contributed by atoms with Gasteiger partial charge in [-0.15, -0.1) is 0 Å². The van der Waals surface area contributed by atoms with Crippen LogP contribution >= 0.6 is 0 Å². The van der Waals surface area contributed by atoms with E-state index in [9.17, 15) is 9.59 Å². The highest BCUT2D eigenvalue weighted by Crippen LogP contribution is 2.11. The Labute approximate surface area is 81.3 Å². The van der Waals surface area contributed by atoms with Crippen molar-refractivity contribution in [3.63, 3.8) is 0 Å². The minimum Gasteiger partial charge on any atom is -0.478 e. The van der Waals surface area contributed by atoms with Crippen molar-refractivity contribution in [1.82, 2.24) is 9.78 Å². The zero-order chi connectivity index (χ0) is 10.9. The number of ketones is 1. The Hall–Kier alpha value is -1.65. The molecule has 76 valence electrons. The molecule has 0 amide bonds. The average Bonchev–Trinajstić information content (AvgIpc) is 2.47. The molecule has 1 aromatic rings. The van der Waals surface area contributed by atoms with Crippen LogP contribution in [0.15, 0.2) is 6.20 Å². The third-order valence-electron chi connectivity index (χ3n) is 1.82. The summed E-state index contributed by atoms with van der Waals surface area (Å²) in [5.41, 5.74) is -0.0163. The van der Waals surface area contributed by atoms with Gasteiger partial charge in [-0.2, -0.15) is 5.10 Å². The largest absolute Gasteiger partial charge is 0.478 e. The van der Waals surface area contributed by atoms with E-state index in [4.69, 9.17) is 5.11 Å². The number of carboxylic acids is 1. The first-order valence-electron chi connectivity index (χ1n) is 4.27. The number of carbonyl (C=O) groups excluding carboxylic acids is 1. The van der Waals surface area contributed by atoms with Gasteiger partial charge in [0.25, 0.3) is 0 Å². The topological polar surface area (TPSA) is 72.2 Å². The van der Waals surface area contributed by atoms with Gasteiger partial charge in [-0.3, -0.25) is 9.48 Å². The Kier molecular flexibility index (Phi) is 2.69. The van der Waals surface area contributed by atoms with Crippen LogP contribution in [0.4, 0.5) is 0 Å². The molecule has 0 radical (unpaired) electrons. The summed E-state index contributed by atoms with van der Waals surface area (Å²) in [6.45, 7) is 5.03. The van der Waals surface area contributed by atoms with Crippen molar-refractivity contribution >= 4 is 11.8 Å². The van der Waals surface area contributed by atoms with Crippen molar-refractivity contribution in [3.8, 4) is 0 Å². The first kappa shape index (κ1) is 10.4. The highest BCUT2D eigenvalue weighted by molar-refractivity contribution is 6.03. The molecular weight excluding hydrogens is 184 g/mol. The van der Waals surface area contributed by atoms with E-state index in [1.54, 1.807) is 0 Å². The summed E-state index contributed by atoms with van der Waals surface area (Å²) in [4.78, 5) is 21.8. The highest BCUT2D eigenvalue weighted by atomic mass is 16.4. The van der Waals surface area contributed by atoms with Gasteiger partial charge in [-0.25, -0.2) is 4.79 Å². The molecule has 0 saturated heterocycles. The van der Waals surface area contributed by atoms with Crippen LogP contribution in [0, 0.1) is 0 Å². The van der Waals surface area contributed by atoms with Gasteiger partial charge in [0.05, 0.1) is 0 Å². The fourth-order valence-electron chi connectivity index (χ4n) is 1.07. The molecule has 0 aliphatic rings. The molecule has 1 aromatic heterocycles. The lowest BCUT2D eigenvalue weighted by Crippen LogP contribution is -2.04. The summed E-state index contributed by atoms with van der Waals surface area (Å²) in [6, 6.07) is 0.0428. The van der Waals surface area contributed by atoms with E-state index >= 15 is 0 Å². The number of rotatable bonds is 3. The van der Waals surface area contributed by atoms with Crippen molar-refractivity contribution in [2.24, 2.45) is 0 Å². The fraction of sp³-hybridized carbons (Fsp3) is 0.444. The van der Waals surface area contributed by atoms with Gasteiger partial charge in [0.1, 0.15) is 11.3 Å². The van der Waals surface area contributed by atoms with Crippen LogP contribution in [0.5, 0.6) is 0 Å². The van der Waals surface area contributed by atoms with Crippen LogP contribution in [-0.2, 0) is 0 Å². The van der Waals surface area contributed by atoms with Gasteiger partial charge in [-0.1, -0.05) is 0 Å². The zero-order valence-electron chi connectivity index (χ0n) is 8.31. The van der Waals surface area contributed by atoms with Gasteiger partial charge in [0.2, 0.25) is 0 Å². The molecule has 1 N–H and O–H groups in total. The predicted octanol–water partition coefficient (Wildman–Crippen LogP) is 1.36. The van der Waals surface area contributed by atoms with Gasteiger partial charge in [-0.05, 0) is 13.8 Å². The molecule has 5 nitrogen and oxygen atoms in total. The molecule has 0 spiro atoms. The number of hydrogen-bond acceptors (Lipinski definition) is 3. The number of aromatic carboxylic acids is 1. The zero-order valence-corrected chi connectivity index (χ0v) is 8.31. The third-order valence-corrected chi connectivity index (χ3v) is 1.82. The maximum absolute atomic E-state index is 11.1. The second-order valence-corrected chi connectivity index (χ2v) is 3.33. The molecule has 0 aliphatic heterocycles. The molecule has 0 aliphatic carbocycles. The van der Waals surface area contributed by atoms with Crippen molar-refractivity contribution in [2.75, 3.05) is 0 Å². The van der Waals surface area contributed by atoms with E-state index in [1.807, 2.05) is 13.8 Å². The molecule has 1 heterocycles. The second-order valence-electron chi connectivity index (χ2n) is 3.33. The number of carboxylic acid groups (broad SMARTS) is 1. The Morgan fingerprint density at radius 3 is 2.36 bits per heavy atom. The molecule has 0 fully saturated rings. The molecule has 1 rings (SSSR count). The second kappa shape index (κ2) is 3.61. The van der Waals surface area contributed by atoms with E-state index in [1.165, 1.54) is 17.8 Å². The number of carbonyl (C=O) groups is 2. The molecule has 0 unspecified atom stereocenters. The minimum atomic E-state index is -1.12. The maximum Gasteiger partial charge on any atom is 0.339 e. The average molecular weight is 196 g/mol. The summed E-state index contributed by atoms with van der Waals surface area (Å²) in [6.07, 6.45) is 1.38. The molecule has 5 heteroatoms. The third kappa shape index (κ3) is 1.81. The SMILES string of the molecule is CC(=O)c1nn(C(C)C)cc1C(=O)O. The van der Waals surface area contributed by atoms with E-state index in [0.29, 0.717) is 0 Å². The van der Waals surface area contributed by atoms with Crippen LogP contribution in [-0.4, -0.2) is 26.6 Å². The molecular formula is C9H12N2O3. The van der Waals surface area contributed by atoms with E-state index < -0.39 is 5.97 Å². The number of hydrogen-bond donors (Lipinski definition) is 1. The summed E-state index contributed by atoms with van der Waals surface area (Å²) in [7, 11) is 0. The lowest BCUT2D eigenvalue weighted by molar-refractivity contribution is 0.0692. The number of Topliss-reactive ketones (excluding diaryl/α,β-unsaturated/α-hetero) is 1. The minimum absolute atomic E-state index is 0.0196. The van der Waals surface area contributed by atoms with Crippen molar-refractivity contribution in [1.29, 1.82) is 0 Å². The summed E-state index contributed by atoms with van der Waals surface area (Å²) >= 11 is 0. The van der Waals surface area contributed by atoms with Gasteiger partial charge >= 0.3 is 5.97 Å². The molecule has 14 heavy (non-hydrogen) atoms. The smallest absolute Gasteiger partial charge is 0.339 e. The van der Waals surface area contributed by atoms with E-state index in [0.717, 1.165) is 0 Å². The maximum atomic E-state index is 11.1. The first-order chi connectivity index (χ1) is 6.43. The van der Waals surface area contributed by atoms with Crippen LogP contribution in [0.25, 0.3) is 0 Å². The predicted molar refractivity (Wildman–Crippen MR) is 49.6 cm³/mol. The van der Waals surface area contributed by atoms with Crippen molar-refractivity contribution < 1.29 is 14.7 Å². The molecule has 0 bridgehead atoms. The fourth-order valence-corrected chi connectivity index (χ4v) is 1.07. The van der Waals surface area contributed by atoms with Crippen LogP contribution in [0.1, 0.15) is 47.7 Å². The van der Waals surface area contributed by atoms with Crippen LogP contribution in [0.2, 0.25) is 0 Å².